The minimum absolute atomic E-state index is 0.518. The minimum Gasteiger partial charge on any atom is -0.359 e. The van der Waals surface area contributed by atoms with Gasteiger partial charge in [0.1, 0.15) is 0 Å². The third kappa shape index (κ3) is 8.75. The van der Waals surface area contributed by atoms with E-state index >= 15 is 0 Å². The molecule has 0 aromatic carbocycles. The molecule has 0 saturated heterocycles. The van der Waals surface area contributed by atoms with Crippen LogP contribution in [0.1, 0.15) is 0 Å². The van der Waals surface area contributed by atoms with E-state index in [1.165, 1.54) is 0 Å². The summed E-state index contributed by atoms with van der Waals surface area (Å²) >= 11 is 0. The van der Waals surface area contributed by atoms with E-state index in [-0.39, 0.29) is 0 Å². The summed E-state index contributed by atoms with van der Waals surface area (Å²) in [7, 11) is -4.95. The SMILES string of the molecule is C[Si](C)(C)OC(O[SiH3])(O[Si](C)(C)C)O[Si](C)(C)C. The predicted octanol–water partition coefficient (Wildman–Crippen LogP) is 2.45. The molecule has 0 aliphatic heterocycles. The summed E-state index contributed by atoms with van der Waals surface area (Å²) in [6.45, 7) is 19.0. The minimum atomic E-state index is -1.82. The van der Waals surface area contributed by atoms with Crippen LogP contribution in [-0.4, -0.2) is 41.6 Å². The van der Waals surface area contributed by atoms with Crippen molar-refractivity contribution < 1.29 is 17.7 Å². The monoisotopic (exact) mass is 326 g/mol. The lowest BCUT2D eigenvalue weighted by Gasteiger charge is -2.43. The second-order valence-electron chi connectivity index (χ2n) is 7.35. The summed E-state index contributed by atoms with van der Waals surface area (Å²) in [5.41, 5.74) is 0. The lowest BCUT2D eigenvalue weighted by molar-refractivity contribution is -0.383. The van der Waals surface area contributed by atoms with E-state index in [9.17, 15) is 0 Å². The van der Waals surface area contributed by atoms with Crippen molar-refractivity contribution in [3.8, 4) is 0 Å². The van der Waals surface area contributed by atoms with Crippen molar-refractivity contribution in [2.75, 3.05) is 0 Å². The van der Waals surface area contributed by atoms with Gasteiger partial charge in [-0.05, 0) is 58.9 Å². The third-order valence-corrected chi connectivity index (χ3v) is 4.63. The standard InChI is InChI=1S/C10H30O4Si4/c1-16(2,3)12-10(11-15,13-17(4,5)6)14-18(7,8)9/h1-9,15H3. The Labute approximate surface area is 118 Å². The predicted molar refractivity (Wildman–Crippen MR) is 87.0 cm³/mol. The van der Waals surface area contributed by atoms with Gasteiger partial charge in [-0.15, -0.1) is 0 Å². The smallest absolute Gasteiger partial charge is 0.359 e. The van der Waals surface area contributed by atoms with Gasteiger partial charge in [0.25, 0.3) is 0 Å². The lowest BCUT2D eigenvalue weighted by atomic mass is 11.2. The highest BCUT2D eigenvalue weighted by Crippen LogP contribution is 2.29. The first kappa shape index (κ1) is 18.7. The summed E-state index contributed by atoms with van der Waals surface area (Å²) in [5, 5.41) is 0. The van der Waals surface area contributed by atoms with E-state index in [1.54, 1.807) is 0 Å². The highest BCUT2D eigenvalue weighted by molar-refractivity contribution is 6.72. The Kier molecular flexibility index (Phi) is 6.23. The van der Waals surface area contributed by atoms with E-state index in [0.717, 1.165) is 0 Å². The zero-order valence-electron chi connectivity index (χ0n) is 13.6. The summed E-state index contributed by atoms with van der Waals surface area (Å²) < 4.78 is 24.0. The van der Waals surface area contributed by atoms with Crippen LogP contribution in [0.15, 0.2) is 0 Å². The van der Waals surface area contributed by atoms with E-state index < -0.39 is 31.1 Å². The molecule has 0 heterocycles. The molecule has 0 bridgehead atoms. The molecular formula is C10H30O4Si4. The van der Waals surface area contributed by atoms with Gasteiger partial charge < -0.3 is 17.7 Å². The number of hydrogen-bond donors (Lipinski definition) is 0. The summed E-state index contributed by atoms with van der Waals surface area (Å²) in [6.07, 6.45) is -1.26. The normalized spacial score (nSPS) is 15.2. The van der Waals surface area contributed by atoms with Crippen molar-refractivity contribution >= 4 is 35.4 Å². The first-order valence-electron chi connectivity index (χ1n) is 6.34. The van der Waals surface area contributed by atoms with Crippen LogP contribution in [0, 0.1) is 0 Å². The zero-order chi connectivity index (χ0) is 14.8. The molecule has 0 saturated carbocycles. The molecule has 18 heavy (non-hydrogen) atoms. The Morgan fingerprint density at radius 1 is 0.611 bits per heavy atom. The van der Waals surface area contributed by atoms with Crippen molar-refractivity contribution in [2.45, 2.75) is 65.1 Å². The highest BCUT2D eigenvalue weighted by Gasteiger charge is 2.45. The van der Waals surface area contributed by atoms with Crippen molar-refractivity contribution in [3.63, 3.8) is 0 Å². The quantitative estimate of drug-likeness (QED) is 0.532. The summed E-state index contributed by atoms with van der Waals surface area (Å²) in [4.78, 5) is 0. The fraction of sp³-hybridized carbons (Fsp3) is 1.00. The van der Waals surface area contributed by atoms with Crippen LogP contribution >= 0.6 is 0 Å². The Morgan fingerprint density at radius 2 is 0.833 bits per heavy atom. The largest absolute Gasteiger partial charge is 0.372 e. The Balaban J connectivity index is 5.20. The van der Waals surface area contributed by atoms with Crippen LogP contribution in [-0.2, 0) is 17.7 Å². The average molecular weight is 327 g/mol. The van der Waals surface area contributed by atoms with E-state index in [1.807, 2.05) is 0 Å². The molecule has 0 amide bonds. The summed E-state index contributed by atoms with van der Waals surface area (Å²) in [5.74, 6) is 0. The molecule has 8 heteroatoms. The van der Waals surface area contributed by atoms with Crippen molar-refractivity contribution in [1.82, 2.24) is 0 Å². The van der Waals surface area contributed by atoms with Gasteiger partial charge in [0, 0.05) is 0 Å². The van der Waals surface area contributed by atoms with Gasteiger partial charge >= 0.3 is 6.16 Å². The molecule has 110 valence electrons. The molecule has 0 atom stereocenters. The van der Waals surface area contributed by atoms with Crippen LogP contribution < -0.4 is 0 Å². The first-order valence-corrected chi connectivity index (χ1v) is 17.4. The molecule has 0 rings (SSSR count). The lowest BCUT2D eigenvalue weighted by Crippen LogP contribution is -2.57. The second kappa shape index (κ2) is 6.00. The maximum Gasteiger partial charge on any atom is 0.372 e. The van der Waals surface area contributed by atoms with E-state index in [0.29, 0.717) is 10.5 Å². The van der Waals surface area contributed by atoms with Gasteiger partial charge in [0.2, 0.25) is 0 Å². The molecule has 0 aliphatic carbocycles. The van der Waals surface area contributed by atoms with Gasteiger partial charge in [-0.3, -0.25) is 0 Å². The van der Waals surface area contributed by atoms with Gasteiger partial charge in [-0.25, -0.2) is 0 Å². The molecule has 0 unspecified atom stereocenters. The molecule has 0 aromatic rings. The van der Waals surface area contributed by atoms with Gasteiger partial charge in [-0.1, -0.05) is 0 Å². The summed E-state index contributed by atoms with van der Waals surface area (Å²) in [6, 6.07) is 0. The van der Waals surface area contributed by atoms with Crippen LogP contribution in [0.4, 0.5) is 0 Å². The van der Waals surface area contributed by atoms with Gasteiger partial charge in [0.15, 0.2) is 35.4 Å². The van der Waals surface area contributed by atoms with Crippen molar-refractivity contribution in [2.24, 2.45) is 0 Å². The Bertz CT molecular complexity index is 224. The maximum atomic E-state index is 6.10. The van der Waals surface area contributed by atoms with Crippen molar-refractivity contribution in [3.05, 3.63) is 0 Å². The molecule has 0 aliphatic rings. The third-order valence-electron chi connectivity index (χ3n) is 1.54. The number of rotatable bonds is 7. The molecule has 0 spiro atoms. The molecule has 0 N–H and O–H groups in total. The Morgan fingerprint density at radius 3 is 0.944 bits per heavy atom. The molecule has 0 fully saturated rings. The van der Waals surface area contributed by atoms with E-state index in [2.05, 4.69) is 58.9 Å². The number of hydrogen-bond acceptors (Lipinski definition) is 4. The highest BCUT2D eigenvalue weighted by atomic mass is 28.4. The Hall–Kier alpha value is 0.708. The van der Waals surface area contributed by atoms with Crippen LogP contribution in [0.3, 0.4) is 0 Å². The second-order valence-corrected chi connectivity index (χ2v) is 21.0. The van der Waals surface area contributed by atoms with Crippen LogP contribution in [0.25, 0.3) is 0 Å². The molecule has 0 aromatic heterocycles. The molecular weight excluding hydrogens is 296 g/mol. The molecule has 0 radical (unpaired) electrons. The van der Waals surface area contributed by atoms with E-state index in [4.69, 9.17) is 17.7 Å². The fourth-order valence-electron chi connectivity index (χ4n) is 1.31. The van der Waals surface area contributed by atoms with Gasteiger partial charge in [-0.2, -0.15) is 0 Å². The maximum absolute atomic E-state index is 6.10. The fourth-order valence-corrected chi connectivity index (χ4v) is 5.06. The van der Waals surface area contributed by atoms with Crippen LogP contribution in [0.5, 0.6) is 0 Å². The topological polar surface area (TPSA) is 36.9 Å². The first-order chi connectivity index (χ1) is 7.68. The zero-order valence-corrected chi connectivity index (χ0v) is 18.6. The van der Waals surface area contributed by atoms with Crippen LogP contribution in [0.2, 0.25) is 58.9 Å². The van der Waals surface area contributed by atoms with Crippen molar-refractivity contribution in [1.29, 1.82) is 0 Å². The average Bonchev–Trinajstić information content (AvgIpc) is 1.93. The van der Waals surface area contributed by atoms with Gasteiger partial charge in [0.05, 0.1) is 0 Å². The molecule has 4 nitrogen and oxygen atoms in total.